The van der Waals surface area contributed by atoms with Gasteiger partial charge in [0.1, 0.15) is 0 Å². The third-order valence-corrected chi connectivity index (χ3v) is 6.16. The Hall–Kier alpha value is -3.46. The van der Waals surface area contributed by atoms with E-state index in [1.165, 1.54) is 55.5 Å². The summed E-state index contributed by atoms with van der Waals surface area (Å²) < 4.78 is 4.37. The topological polar surface area (TPSA) is 21.7 Å². The molecule has 3 nitrogen and oxygen atoms in total. The highest BCUT2D eigenvalue weighted by Gasteiger charge is 2.24. The summed E-state index contributed by atoms with van der Waals surface area (Å²) in [5.74, 6) is 0. The largest absolute Gasteiger partial charge is 0.267 e. The Labute approximate surface area is 177 Å². The van der Waals surface area contributed by atoms with Gasteiger partial charge >= 0.3 is 0 Å². The number of pyridine rings is 1. The molecule has 3 heteroatoms. The number of fused-ring (bicyclic) bond motifs is 2. The second-order valence-electron chi connectivity index (χ2n) is 8.26. The van der Waals surface area contributed by atoms with Gasteiger partial charge in [-0.2, -0.15) is 9.67 Å². The van der Waals surface area contributed by atoms with Crippen molar-refractivity contribution in [1.82, 2.24) is 9.78 Å². The molecule has 0 aliphatic carbocycles. The predicted octanol–water partition coefficient (Wildman–Crippen LogP) is 5.90. The van der Waals surface area contributed by atoms with E-state index in [0.717, 1.165) is 5.52 Å². The maximum atomic E-state index is 4.76. The summed E-state index contributed by atoms with van der Waals surface area (Å²) in [6.45, 7) is 8.85. The lowest BCUT2D eigenvalue weighted by Gasteiger charge is -2.16. The summed E-state index contributed by atoms with van der Waals surface area (Å²) in [5, 5.41) is 8.48. The molecule has 2 heterocycles. The van der Waals surface area contributed by atoms with Crippen LogP contribution in [0.25, 0.3) is 38.6 Å². The maximum Gasteiger partial charge on any atom is 0.217 e. The molecule has 0 aliphatic heterocycles. The molecule has 0 spiro atoms. The number of hydrogen-bond donors (Lipinski definition) is 0. The monoisotopic (exact) mass is 392 g/mol. The minimum absolute atomic E-state index is 1.03. The molecule has 30 heavy (non-hydrogen) atoms. The van der Waals surface area contributed by atoms with Gasteiger partial charge in [0.25, 0.3) is 0 Å². The third kappa shape index (κ3) is 2.73. The predicted molar refractivity (Wildman–Crippen MR) is 124 cm³/mol. The van der Waals surface area contributed by atoms with Gasteiger partial charge in [0.15, 0.2) is 11.9 Å². The second-order valence-corrected chi connectivity index (χ2v) is 8.26. The van der Waals surface area contributed by atoms with E-state index >= 15 is 0 Å². The van der Waals surface area contributed by atoms with E-state index in [-0.39, 0.29) is 0 Å². The minimum Gasteiger partial charge on any atom is -0.267 e. The zero-order valence-electron chi connectivity index (χ0n) is 18.2. The van der Waals surface area contributed by atoms with E-state index in [1.54, 1.807) is 0 Å². The molecule has 5 aromatic rings. The Bertz CT molecular complexity index is 1440. The summed E-state index contributed by atoms with van der Waals surface area (Å²) in [4.78, 5) is 0. The van der Waals surface area contributed by atoms with Crippen molar-refractivity contribution in [1.29, 1.82) is 0 Å². The van der Waals surface area contributed by atoms with E-state index in [1.807, 2.05) is 17.8 Å². The van der Waals surface area contributed by atoms with Gasteiger partial charge in [0.2, 0.25) is 5.69 Å². The summed E-state index contributed by atoms with van der Waals surface area (Å²) >= 11 is 0. The van der Waals surface area contributed by atoms with Crippen molar-refractivity contribution in [3.63, 3.8) is 0 Å². The molecule has 0 amide bonds. The van der Waals surface area contributed by atoms with Gasteiger partial charge in [-0.25, -0.2) is 0 Å². The van der Waals surface area contributed by atoms with Crippen LogP contribution in [0.15, 0.2) is 66.9 Å². The second kappa shape index (κ2) is 6.81. The van der Waals surface area contributed by atoms with Gasteiger partial charge in [-0.1, -0.05) is 36.4 Å². The third-order valence-electron chi connectivity index (χ3n) is 6.16. The first-order chi connectivity index (χ1) is 14.5. The van der Waals surface area contributed by atoms with Gasteiger partial charge in [-0.3, -0.25) is 4.68 Å². The van der Waals surface area contributed by atoms with Crippen LogP contribution in [0, 0.1) is 27.7 Å². The van der Waals surface area contributed by atoms with Crippen LogP contribution in [0.4, 0.5) is 0 Å². The first kappa shape index (κ1) is 18.6. The van der Waals surface area contributed by atoms with Crippen LogP contribution >= 0.6 is 0 Å². The standard InChI is InChI=1S/C27H26N3/c1-17-14-18(2)26(30-16-22-11-7-6-10-21(22)15-19(30)3)20(4)25(17)27-23-12-8-9-13-24(23)28-29(27)5/h6-16H,1-5H3/q+1. The molecule has 0 atom stereocenters. The molecule has 0 saturated heterocycles. The van der Waals surface area contributed by atoms with Gasteiger partial charge in [0, 0.05) is 47.5 Å². The molecule has 0 aliphatic rings. The van der Waals surface area contributed by atoms with Gasteiger partial charge in [0.05, 0.1) is 11.2 Å². The van der Waals surface area contributed by atoms with Crippen molar-refractivity contribution in [2.75, 3.05) is 0 Å². The van der Waals surface area contributed by atoms with Crippen LogP contribution < -0.4 is 4.57 Å². The van der Waals surface area contributed by atoms with Gasteiger partial charge < -0.3 is 0 Å². The highest BCUT2D eigenvalue weighted by Crippen LogP contribution is 2.36. The molecule has 0 bridgehead atoms. The lowest BCUT2D eigenvalue weighted by molar-refractivity contribution is -0.602. The lowest BCUT2D eigenvalue weighted by Crippen LogP contribution is -2.36. The number of aryl methyl sites for hydroxylation is 4. The van der Waals surface area contributed by atoms with Crippen LogP contribution in [-0.2, 0) is 7.05 Å². The fourth-order valence-electron chi connectivity index (χ4n) is 4.89. The van der Waals surface area contributed by atoms with E-state index < -0.39 is 0 Å². The number of hydrogen-bond acceptors (Lipinski definition) is 1. The van der Waals surface area contributed by atoms with Crippen molar-refractivity contribution in [2.45, 2.75) is 27.7 Å². The van der Waals surface area contributed by atoms with Crippen LogP contribution in [0.1, 0.15) is 22.4 Å². The molecular weight excluding hydrogens is 366 g/mol. The Morgan fingerprint density at radius 1 is 0.800 bits per heavy atom. The van der Waals surface area contributed by atoms with E-state index in [4.69, 9.17) is 5.10 Å². The summed E-state index contributed by atoms with van der Waals surface area (Å²) in [7, 11) is 2.04. The normalized spacial score (nSPS) is 11.5. The van der Waals surface area contributed by atoms with Crippen molar-refractivity contribution in [3.8, 4) is 16.9 Å². The van der Waals surface area contributed by atoms with Crippen molar-refractivity contribution < 1.29 is 4.57 Å². The highest BCUT2D eigenvalue weighted by atomic mass is 15.3. The number of rotatable bonds is 2. The van der Waals surface area contributed by atoms with Crippen molar-refractivity contribution >= 4 is 21.7 Å². The summed E-state index contributed by atoms with van der Waals surface area (Å²) in [6.07, 6.45) is 2.26. The molecule has 0 radical (unpaired) electrons. The molecule has 3 aromatic carbocycles. The lowest BCUT2D eigenvalue weighted by atomic mass is 9.93. The number of nitrogens with zero attached hydrogens (tertiary/aromatic N) is 3. The van der Waals surface area contributed by atoms with Gasteiger partial charge in [-0.15, -0.1) is 0 Å². The van der Waals surface area contributed by atoms with E-state index in [0.29, 0.717) is 0 Å². The van der Waals surface area contributed by atoms with E-state index in [9.17, 15) is 0 Å². The smallest absolute Gasteiger partial charge is 0.217 e. The average Bonchev–Trinajstić information content (AvgIpc) is 3.04. The van der Waals surface area contributed by atoms with Crippen LogP contribution in [0.5, 0.6) is 0 Å². The van der Waals surface area contributed by atoms with Crippen LogP contribution in [0.2, 0.25) is 0 Å². The highest BCUT2D eigenvalue weighted by molar-refractivity contribution is 5.95. The Kier molecular flexibility index (Phi) is 4.21. The molecule has 0 saturated carbocycles. The Balaban J connectivity index is 1.84. The first-order valence-electron chi connectivity index (χ1n) is 10.4. The molecule has 5 rings (SSSR count). The van der Waals surface area contributed by atoms with E-state index in [2.05, 4.69) is 93.1 Å². The Morgan fingerprint density at radius 2 is 1.50 bits per heavy atom. The van der Waals surface area contributed by atoms with Crippen LogP contribution in [-0.4, -0.2) is 9.78 Å². The molecule has 0 N–H and O–H groups in total. The number of benzene rings is 3. The molecular formula is C27H26N3+. The maximum absolute atomic E-state index is 4.76. The number of aromatic nitrogens is 3. The quantitative estimate of drug-likeness (QED) is 0.343. The zero-order valence-corrected chi connectivity index (χ0v) is 18.2. The molecule has 148 valence electrons. The summed E-state index contributed by atoms with van der Waals surface area (Å²) in [5.41, 5.74) is 9.81. The fraction of sp³-hybridized carbons (Fsp3) is 0.185. The minimum atomic E-state index is 1.03. The fourth-order valence-corrected chi connectivity index (χ4v) is 4.89. The molecule has 0 unspecified atom stereocenters. The molecule has 0 fully saturated rings. The zero-order chi connectivity index (χ0) is 21.0. The molecule has 2 aromatic heterocycles. The Morgan fingerprint density at radius 3 is 2.30 bits per heavy atom. The van der Waals surface area contributed by atoms with Crippen molar-refractivity contribution in [3.05, 3.63) is 89.2 Å². The average molecular weight is 393 g/mol. The SMILES string of the molecule is Cc1cc(C)c(-[n+]2cc3ccccc3cc2C)c(C)c1-c1c2ccccc2nn1C. The van der Waals surface area contributed by atoms with Gasteiger partial charge in [-0.05, 0) is 49.9 Å². The van der Waals surface area contributed by atoms with Crippen molar-refractivity contribution in [2.24, 2.45) is 7.05 Å². The van der Waals surface area contributed by atoms with Crippen LogP contribution in [0.3, 0.4) is 0 Å². The first-order valence-corrected chi connectivity index (χ1v) is 10.4. The summed E-state index contributed by atoms with van der Waals surface area (Å²) in [6, 6.07) is 21.5.